The van der Waals surface area contributed by atoms with E-state index in [1.807, 2.05) is 6.92 Å². The van der Waals surface area contributed by atoms with Gasteiger partial charge in [-0.25, -0.2) is 0 Å². The molecule has 7 nitrogen and oxygen atoms in total. The van der Waals surface area contributed by atoms with Crippen LogP contribution >= 0.6 is 0 Å². The number of amides is 1. The minimum Gasteiger partial charge on any atom is -0.497 e. The zero-order valence-electron chi connectivity index (χ0n) is 15.6. The van der Waals surface area contributed by atoms with Crippen LogP contribution in [0.2, 0.25) is 0 Å². The summed E-state index contributed by atoms with van der Waals surface area (Å²) in [5.74, 6) is 0.178. The molecule has 0 saturated heterocycles. The Morgan fingerprint density at radius 1 is 1.00 bits per heavy atom. The highest BCUT2D eigenvalue weighted by molar-refractivity contribution is 5.96. The van der Waals surface area contributed by atoms with Crippen molar-refractivity contribution >= 4 is 11.9 Å². The Labute approximate surface area is 158 Å². The Morgan fingerprint density at radius 3 is 2.22 bits per heavy atom. The number of rotatable bonds is 9. The largest absolute Gasteiger partial charge is 0.497 e. The van der Waals surface area contributed by atoms with Gasteiger partial charge in [-0.05, 0) is 42.8 Å². The number of methoxy groups -OCH3 is 2. The van der Waals surface area contributed by atoms with Crippen LogP contribution in [0.5, 0.6) is 17.2 Å². The van der Waals surface area contributed by atoms with Crippen LogP contribution in [-0.4, -0.2) is 49.3 Å². The molecule has 0 atom stereocenters. The predicted octanol–water partition coefficient (Wildman–Crippen LogP) is 2.83. The molecule has 144 valence electrons. The van der Waals surface area contributed by atoms with Crippen molar-refractivity contribution in [3.63, 3.8) is 0 Å². The third-order valence-corrected chi connectivity index (χ3v) is 3.79. The number of aliphatic carboxylic acids is 1. The zero-order chi connectivity index (χ0) is 19.8. The normalized spacial score (nSPS) is 10.2. The third-order valence-electron chi connectivity index (χ3n) is 3.79. The minimum atomic E-state index is -1.10. The fourth-order valence-electron chi connectivity index (χ4n) is 2.61. The summed E-state index contributed by atoms with van der Waals surface area (Å²) in [5.41, 5.74) is 1.05. The van der Waals surface area contributed by atoms with E-state index in [4.69, 9.17) is 14.2 Å². The first kappa shape index (κ1) is 20.1. The molecule has 0 aliphatic carbocycles. The average molecular weight is 373 g/mol. The van der Waals surface area contributed by atoms with Gasteiger partial charge in [-0.3, -0.25) is 9.59 Å². The lowest BCUT2D eigenvalue weighted by atomic mass is 10.1. The highest BCUT2D eigenvalue weighted by atomic mass is 16.5. The molecule has 2 aromatic rings. The van der Waals surface area contributed by atoms with Crippen LogP contribution in [0.1, 0.15) is 22.8 Å². The van der Waals surface area contributed by atoms with Crippen molar-refractivity contribution in [3.8, 4) is 17.2 Å². The monoisotopic (exact) mass is 373 g/mol. The number of hydrogen-bond acceptors (Lipinski definition) is 5. The van der Waals surface area contributed by atoms with Crippen molar-refractivity contribution in [1.82, 2.24) is 4.90 Å². The summed E-state index contributed by atoms with van der Waals surface area (Å²) in [7, 11) is 3.05. The maximum atomic E-state index is 12.9. The average Bonchev–Trinajstić information content (AvgIpc) is 2.66. The first-order valence-corrected chi connectivity index (χ1v) is 8.42. The quantitative estimate of drug-likeness (QED) is 0.727. The van der Waals surface area contributed by atoms with E-state index >= 15 is 0 Å². The predicted molar refractivity (Wildman–Crippen MR) is 99.5 cm³/mol. The van der Waals surface area contributed by atoms with Crippen LogP contribution in [-0.2, 0) is 11.3 Å². The van der Waals surface area contributed by atoms with Crippen molar-refractivity contribution in [2.45, 2.75) is 13.5 Å². The van der Waals surface area contributed by atoms with Crippen LogP contribution in [0.4, 0.5) is 0 Å². The summed E-state index contributed by atoms with van der Waals surface area (Å²) in [6.07, 6.45) is 0. The number of nitrogens with zero attached hydrogens (tertiary/aromatic N) is 1. The van der Waals surface area contributed by atoms with Crippen molar-refractivity contribution in [1.29, 1.82) is 0 Å². The lowest BCUT2D eigenvalue weighted by Gasteiger charge is -2.22. The fourth-order valence-corrected chi connectivity index (χ4v) is 2.61. The molecule has 0 fully saturated rings. The number of carbonyl (C=O) groups excluding carboxylic acids is 1. The summed E-state index contributed by atoms with van der Waals surface area (Å²) >= 11 is 0. The van der Waals surface area contributed by atoms with Gasteiger partial charge in [0.05, 0.1) is 20.8 Å². The Hall–Kier alpha value is -3.22. The molecule has 1 amide bonds. The highest BCUT2D eigenvalue weighted by Gasteiger charge is 2.20. The molecule has 1 N–H and O–H groups in total. The second-order valence-electron chi connectivity index (χ2n) is 5.74. The molecule has 0 aliphatic rings. The van der Waals surface area contributed by atoms with Crippen molar-refractivity contribution in [2.75, 3.05) is 27.4 Å². The molecular weight excluding hydrogens is 350 g/mol. The standard InChI is InChI=1S/C20H23NO6/c1-4-27-16-7-5-6-15(10-16)20(24)21(13-19(22)23)12-14-8-17(25-2)11-18(9-14)26-3/h5-11H,4,12-13H2,1-3H3,(H,22,23). The molecule has 2 rings (SSSR count). The molecule has 0 saturated carbocycles. The van der Waals surface area contributed by atoms with E-state index < -0.39 is 18.4 Å². The van der Waals surface area contributed by atoms with Gasteiger partial charge < -0.3 is 24.2 Å². The summed E-state index contributed by atoms with van der Waals surface area (Å²) in [6.45, 7) is 1.98. The van der Waals surface area contributed by atoms with E-state index in [0.29, 0.717) is 35.0 Å². The van der Waals surface area contributed by atoms with Crippen LogP contribution in [0.15, 0.2) is 42.5 Å². The Kier molecular flexibility index (Phi) is 7.05. The Bertz CT molecular complexity index is 783. The van der Waals surface area contributed by atoms with Crippen LogP contribution in [0.25, 0.3) is 0 Å². The van der Waals surface area contributed by atoms with Crippen molar-refractivity contribution < 1.29 is 28.9 Å². The van der Waals surface area contributed by atoms with Crippen LogP contribution < -0.4 is 14.2 Å². The van der Waals surface area contributed by atoms with Crippen LogP contribution in [0, 0.1) is 0 Å². The Morgan fingerprint density at radius 2 is 1.67 bits per heavy atom. The minimum absolute atomic E-state index is 0.0948. The molecule has 0 unspecified atom stereocenters. The van der Waals surface area contributed by atoms with Gasteiger partial charge in [0.1, 0.15) is 23.8 Å². The first-order valence-electron chi connectivity index (χ1n) is 8.42. The second kappa shape index (κ2) is 9.47. The topological polar surface area (TPSA) is 85.3 Å². The van der Waals surface area contributed by atoms with Gasteiger partial charge in [0.15, 0.2) is 0 Å². The van der Waals surface area contributed by atoms with Crippen LogP contribution in [0.3, 0.4) is 0 Å². The number of benzene rings is 2. The molecule has 7 heteroatoms. The molecule has 2 aromatic carbocycles. The van der Waals surface area contributed by atoms with Gasteiger partial charge >= 0.3 is 5.97 Å². The van der Waals surface area contributed by atoms with Gasteiger partial charge in [0, 0.05) is 18.2 Å². The van der Waals surface area contributed by atoms with E-state index in [2.05, 4.69) is 0 Å². The maximum Gasteiger partial charge on any atom is 0.323 e. The third kappa shape index (κ3) is 5.64. The number of hydrogen-bond donors (Lipinski definition) is 1. The number of carboxylic acid groups (broad SMARTS) is 1. The van der Waals surface area contributed by atoms with Gasteiger partial charge in [-0.2, -0.15) is 0 Å². The lowest BCUT2D eigenvalue weighted by Crippen LogP contribution is -2.35. The smallest absolute Gasteiger partial charge is 0.323 e. The number of carboxylic acids is 1. The molecule has 0 aromatic heterocycles. The van der Waals surface area contributed by atoms with E-state index in [9.17, 15) is 14.7 Å². The molecule has 0 heterocycles. The molecule has 27 heavy (non-hydrogen) atoms. The van der Waals surface area contributed by atoms with Gasteiger partial charge in [-0.1, -0.05) is 6.07 Å². The van der Waals surface area contributed by atoms with Crippen molar-refractivity contribution in [2.24, 2.45) is 0 Å². The molecular formula is C20H23NO6. The van der Waals surface area contributed by atoms with E-state index in [1.54, 1.807) is 42.5 Å². The zero-order valence-corrected chi connectivity index (χ0v) is 15.6. The first-order chi connectivity index (χ1) is 13.0. The highest BCUT2D eigenvalue weighted by Crippen LogP contribution is 2.24. The number of ether oxygens (including phenoxy) is 3. The fraction of sp³-hybridized carbons (Fsp3) is 0.300. The maximum absolute atomic E-state index is 12.9. The van der Waals surface area contributed by atoms with Crippen molar-refractivity contribution in [3.05, 3.63) is 53.6 Å². The van der Waals surface area contributed by atoms with Gasteiger partial charge in [0.25, 0.3) is 5.91 Å². The number of carbonyl (C=O) groups is 2. The summed E-state index contributed by atoms with van der Waals surface area (Å²) < 4.78 is 15.9. The molecule has 0 aliphatic heterocycles. The molecule has 0 bridgehead atoms. The molecule has 0 spiro atoms. The Balaban J connectivity index is 2.31. The van der Waals surface area contributed by atoms with E-state index in [0.717, 1.165) is 0 Å². The van der Waals surface area contributed by atoms with Gasteiger partial charge in [0.2, 0.25) is 0 Å². The summed E-state index contributed by atoms with van der Waals surface area (Å²) in [6, 6.07) is 11.9. The summed E-state index contributed by atoms with van der Waals surface area (Å²) in [4.78, 5) is 25.4. The SMILES string of the molecule is CCOc1cccc(C(=O)N(CC(=O)O)Cc2cc(OC)cc(OC)c2)c1. The van der Waals surface area contributed by atoms with Gasteiger partial charge in [-0.15, -0.1) is 0 Å². The second-order valence-corrected chi connectivity index (χ2v) is 5.74. The molecule has 0 radical (unpaired) electrons. The summed E-state index contributed by atoms with van der Waals surface area (Å²) in [5, 5.41) is 9.23. The lowest BCUT2D eigenvalue weighted by molar-refractivity contribution is -0.137. The van der Waals surface area contributed by atoms with E-state index in [-0.39, 0.29) is 6.54 Å². The van der Waals surface area contributed by atoms with E-state index in [1.165, 1.54) is 19.1 Å².